The minimum Gasteiger partial charge on any atom is -0.404 e. The van der Waals surface area contributed by atoms with Gasteiger partial charge in [-0.2, -0.15) is 31.6 Å². The van der Waals surface area contributed by atoms with Gasteiger partial charge >= 0.3 is 18.0 Å². The zero-order valence-electron chi connectivity index (χ0n) is 15.3. The average Bonchev–Trinajstić information content (AvgIpc) is 2.68. The Bertz CT molecular complexity index is 1100. The van der Waals surface area contributed by atoms with Gasteiger partial charge in [0.05, 0.1) is 20.6 Å². The maximum atomic E-state index is 14.3. The molecule has 0 spiro atoms. The smallest absolute Gasteiger partial charge is 0.404 e. The van der Waals surface area contributed by atoms with E-state index in [0.29, 0.717) is 5.56 Å². The van der Waals surface area contributed by atoms with E-state index in [1.54, 1.807) is 0 Å². The van der Waals surface area contributed by atoms with Crippen molar-refractivity contribution in [1.29, 1.82) is 5.26 Å². The second kappa shape index (κ2) is 9.17. The molecule has 2 aromatic carbocycles. The fourth-order valence-electron chi connectivity index (χ4n) is 2.51. The predicted octanol–water partition coefficient (Wildman–Crippen LogP) is 7.51. The summed E-state index contributed by atoms with van der Waals surface area (Å²) in [6, 6.07) is 6.37. The summed E-state index contributed by atoms with van der Waals surface area (Å²) in [6.45, 7) is 0. The number of nitriles is 1. The number of rotatable bonds is 4. The van der Waals surface area contributed by atoms with Crippen LogP contribution in [0.3, 0.4) is 0 Å². The zero-order valence-corrected chi connectivity index (χ0v) is 17.6. The number of halogens is 10. The number of aliphatic imine (C=N–C) groups is 1. The van der Waals surface area contributed by atoms with Crippen LogP contribution in [0, 0.1) is 11.3 Å². The van der Waals surface area contributed by atoms with Crippen molar-refractivity contribution in [3.63, 3.8) is 0 Å². The molecule has 0 heterocycles. The second-order valence-electron chi connectivity index (χ2n) is 6.13. The van der Waals surface area contributed by atoms with Crippen LogP contribution in [-0.2, 0) is 5.67 Å². The number of nitrogens with zero attached hydrogens (tertiary/aromatic N) is 2. The molecule has 0 amide bonds. The van der Waals surface area contributed by atoms with Crippen LogP contribution < -0.4 is 5.73 Å². The number of allylic oxidation sites excluding steroid dienone is 1. The Labute approximate surface area is 191 Å². The van der Waals surface area contributed by atoms with Crippen LogP contribution >= 0.6 is 34.8 Å². The largest absolute Gasteiger partial charge is 0.435 e. The second-order valence-corrected chi connectivity index (χ2v) is 7.35. The summed E-state index contributed by atoms with van der Waals surface area (Å²) in [5.74, 6) is 0. The summed E-state index contributed by atoms with van der Waals surface area (Å²) in [5, 5.41) is 7.65. The van der Waals surface area contributed by atoms with Crippen molar-refractivity contribution in [1.82, 2.24) is 0 Å². The summed E-state index contributed by atoms with van der Waals surface area (Å²) in [4.78, 5) is 3.84. The molecule has 0 unspecified atom stereocenters. The maximum Gasteiger partial charge on any atom is 0.435 e. The minimum atomic E-state index is -6.33. The highest BCUT2D eigenvalue weighted by atomic mass is 35.5. The number of nitrogens with two attached hydrogens (primary N) is 1. The van der Waals surface area contributed by atoms with Crippen LogP contribution in [0.15, 0.2) is 41.5 Å². The Morgan fingerprint density at radius 2 is 1.44 bits per heavy atom. The van der Waals surface area contributed by atoms with Gasteiger partial charge in [0.15, 0.2) is 0 Å². The average molecular weight is 519 g/mol. The third kappa shape index (κ3) is 4.80. The van der Waals surface area contributed by atoms with E-state index in [-0.39, 0.29) is 28.3 Å². The molecule has 0 radical (unpaired) electrons. The molecule has 0 bridgehead atoms. The first-order valence-corrected chi connectivity index (χ1v) is 9.28. The number of alkyl halides is 7. The van der Waals surface area contributed by atoms with Gasteiger partial charge in [0.2, 0.25) is 0 Å². The summed E-state index contributed by atoms with van der Waals surface area (Å²) in [7, 11) is 0. The molecule has 13 heteroatoms. The van der Waals surface area contributed by atoms with Crippen molar-refractivity contribution in [2.24, 2.45) is 10.7 Å². The van der Waals surface area contributed by atoms with E-state index in [2.05, 4.69) is 4.99 Å². The molecule has 0 aliphatic carbocycles. The van der Waals surface area contributed by atoms with Gasteiger partial charge in [0.1, 0.15) is 11.8 Å². The molecule has 2 rings (SSSR count). The van der Waals surface area contributed by atoms with Gasteiger partial charge in [-0.05, 0) is 29.8 Å². The molecular formula is C19H9Cl3F7N3. The van der Waals surface area contributed by atoms with E-state index in [1.807, 2.05) is 6.07 Å². The first-order valence-electron chi connectivity index (χ1n) is 8.15. The standard InChI is InChI=1S/C19H9Cl3F7N3/c20-13-2-1-9(3-10(13)6-30)11(7-31)8-32-16-14(21)4-12(5-15(16)22)17(23,18(24,25)26)19(27,28)29/h1-5,7-8H,31H2. The van der Waals surface area contributed by atoms with Gasteiger partial charge in [0.25, 0.3) is 0 Å². The van der Waals surface area contributed by atoms with Gasteiger partial charge in [-0.25, -0.2) is 4.39 Å². The van der Waals surface area contributed by atoms with E-state index < -0.39 is 39.3 Å². The minimum absolute atomic E-state index is 0.107. The predicted molar refractivity (Wildman–Crippen MR) is 108 cm³/mol. The van der Waals surface area contributed by atoms with Gasteiger partial charge in [0, 0.05) is 23.6 Å². The zero-order chi connectivity index (χ0) is 24.5. The number of hydrogen-bond donors (Lipinski definition) is 1. The normalized spacial score (nSPS) is 13.5. The monoisotopic (exact) mass is 517 g/mol. The molecule has 32 heavy (non-hydrogen) atoms. The topological polar surface area (TPSA) is 62.2 Å². The van der Waals surface area contributed by atoms with Gasteiger partial charge in [-0.15, -0.1) is 0 Å². The third-order valence-corrected chi connectivity index (χ3v) is 5.03. The van der Waals surface area contributed by atoms with E-state index >= 15 is 0 Å². The molecule has 0 saturated carbocycles. The Morgan fingerprint density at radius 3 is 1.88 bits per heavy atom. The van der Waals surface area contributed by atoms with E-state index in [4.69, 9.17) is 45.8 Å². The van der Waals surface area contributed by atoms with Crippen LogP contribution in [-0.4, -0.2) is 18.6 Å². The maximum absolute atomic E-state index is 14.3. The quantitative estimate of drug-likeness (QED) is 0.336. The van der Waals surface area contributed by atoms with Crippen LogP contribution in [0.5, 0.6) is 0 Å². The molecule has 0 atom stereocenters. The molecular weight excluding hydrogens is 510 g/mol. The fourth-order valence-corrected chi connectivity index (χ4v) is 3.26. The van der Waals surface area contributed by atoms with Crippen LogP contribution in [0.2, 0.25) is 15.1 Å². The van der Waals surface area contributed by atoms with E-state index in [9.17, 15) is 30.7 Å². The van der Waals surface area contributed by atoms with Gasteiger partial charge in [-0.1, -0.05) is 40.9 Å². The lowest BCUT2D eigenvalue weighted by molar-refractivity contribution is -0.348. The van der Waals surface area contributed by atoms with Crippen molar-refractivity contribution in [3.05, 3.63) is 68.3 Å². The third-order valence-electron chi connectivity index (χ3n) is 4.13. The summed E-state index contributed by atoms with van der Waals surface area (Å²) in [6.07, 6.45) is -10.5. The van der Waals surface area contributed by atoms with Crippen molar-refractivity contribution < 1.29 is 30.7 Å². The van der Waals surface area contributed by atoms with Crippen molar-refractivity contribution in [2.75, 3.05) is 0 Å². The number of benzene rings is 2. The van der Waals surface area contributed by atoms with Crippen molar-refractivity contribution in [3.8, 4) is 6.07 Å². The summed E-state index contributed by atoms with van der Waals surface area (Å²) in [5.41, 5.74) is -1.82. The Hall–Kier alpha value is -2.48. The highest BCUT2D eigenvalue weighted by Crippen LogP contribution is 2.54. The molecule has 2 N–H and O–H groups in total. The molecule has 0 aliphatic rings. The van der Waals surface area contributed by atoms with Crippen molar-refractivity contribution >= 4 is 52.3 Å². The lowest BCUT2D eigenvalue weighted by Crippen LogP contribution is -2.50. The summed E-state index contributed by atoms with van der Waals surface area (Å²) < 4.78 is 92.0. The van der Waals surface area contributed by atoms with E-state index in [1.165, 1.54) is 18.2 Å². The van der Waals surface area contributed by atoms with Gasteiger partial charge in [-0.3, -0.25) is 4.99 Å². The number of hydrogen-bond acceptors (Lipinski definition) is 3. The first-order chi connectivity index (χ1) is 14.7. The molecule has 0 aliphatic heterocycles. The molecule has 170 valence electrons. The Morgan fingerprint density at radius 1 is 0.906 bits per heavy atom. The highest BCUT2D eigenvalue weighted by Gasteiger charge is 2.73. The Kier molecular flexibility index (Phi) is 7.39. The molecule has 0 saturated heterocycles. The first kappa shape index (κ1) is 25.8. The van der Waals surface area contributed by atoms with Gasteiger partial charge < -0.3 is 5.73 Å². The van der Waals surface area contributed by atoms with Crippen LogP contribution in [0.1, 0.15) is 16.7 Å². The SMILES string of the molecule is N#Cc1cc(C(C=Nc2c(Cl)cc(C(F)(C(F)(F)F)C(F)(F)F)cc2Cl)=CN)ccc1Cl. The molecule has 3 nitrogen and oxygen atoms in total. The van der Waals surface area contributed by atoms with E-state index in [0.717, 1.165) is 12.4 Å². The lowest BCUT2D eigenvalue weighted by Gasteiger charge is -2.30. The lowest BCUT2D eigenvalue weighted by atomic mass is 9.94. The van der Waals surface area contributed by atoms with Crippen molar-refractivity contribution in [2.45, 2.75) is 18.0 Å². The molecule has 0 aromatic heterocycles. The fraction of sp³-hybridized carbons (Fsp3) is 0.158. The van der Waals surface area contributed by atoms with Crippen LogP contribution in [0.25, 0.3) is 5.57 Å². The summed E-state index contributed by atoms with van der Waals surface area (Å²) >= 11 is 17.4. The van der Waals surface area contributed by atoms with Crippen LogP contribution in [0.4, 0.5) is 36.4 Å². The Balaban J connectivity index is 2.53. The molecule has 2 aromatic rings. The molecule has 0 fully saturated rings. The highest BCUT2D eigenvalue weighted by molar-refractivity contribution is 6.39.